The molecule has 2 nitrogen and oxygen atoms in total. The molecule has 2 rings (SSSR count). The summed E-state index contributed by atoms with van der Waals surface area (Å²) in [5, 5.41) is 0. The van der Waals surface area contributed by atoms with Gasteiger partial charge in [0.1, 0.15) is 5.82 Å². The van der Waals surface area contributed by atoms with Crippen molar-refractivity contribution in [2.24, 2.45) is 0 Å². The Morgan fingerprint density at radius 1 is 0.958 bits per heavy atom. The fourth-order valence-electron chi connectivity index (χ4n) is 3.16. The van der Waals surface area contributed by atoms with Gasteiger partial charge in [0.05, 0.1) is 0 Å². The predicted octanol–water partition coefficient (Wildman–Crippen LogP) is 4.83. The van der Waals surface area contributed by atoms with Crippen LogP contribution in [-0.2, 0) is 12.8 Å². The summed E-state index contributed by atoms with van der Waals surface area (Å²) in [7, 11) is 0. The molecule has 0 aliphatic carbocycles. The molecule has 0 fully saturated rings. The summed E-state index contributed by atoms with van der Waals surface area (Å²) >= 11 is 0. The Morgan fingerprint density at radius 2 is 1.62 bits per heavy atom. The van der Waals surface area contributed by atoms with Crippen LogP contribution in [0.3, 0.4) is 0 Å². The van der Waals surface area contributed by atoms with Crippen LogP contribution in [0.1, 0.15) is 37.5 Å². The number of anilines is 1. The maximum atomic E-state index is 13.9. The van der Waals surface area contributed by atoms with Crippen molar-refractivity contribution in [3.8, 4) is 11.1 Å². The second-order valence-electron chi connectivity index (χ2n) is 6.30. The standard InChI is InChI=1S/C21H29FN2/c1-5-16-8-9-18(22)14-20(16)19-12-15(4)21(23)13-17(19)10-11-24(6-2)7-3/h8-9,12-14H,5-7,10-11,23H2,1-4H3. The number of nitrogen functional groups attached to an aromatic ring is 1. The zero-order valence-electron chi connectivity index (χ0n) is 15.3. The van der Waals surface area contributed by atoms with Crippen molar-refractivity contribution >= 4 is 5.69 Å². The summed E-state index contributed by atoms with van der Waals surface area (Å²) in [6.45, 7) is 11.5. The molecule has 0 aromatic heterocycles. The van der Waals surface area contributed by atoms with Gasteiger partial charge in [0.25, 0.3) is 0 Å². The summed E-state index contributed by atoms with van der Waals surface area (Å²) in [6, 6.07) is 9.27. The van der Waals surface area contributed by atoms with Gasteiger partial charge < -0.3 is 10.6 Å². The number of rotatable bonds is 7. The van der Waals surface area contributed by atoms with Gasteiger partial charge in [-0.1, -0.05) is 26.8 Å². The molecule has 3 heteroatoms. The van der Waals surface area contributed by atoms with E-state index in [1.807, 2.05) is 13.0 Å². The number of hydrogen-bond acceptors (Lipinski definition) is 2. The average molecular weight is 328 g/mol. The molecule has 0 radical (unpaired) electrons. The number of benzene rings is 2. The molecule has 0 saturated heterocycles. The van der Waals surface area contributed by atoms with Crippen LogP contribution in [0.4, 0.5) is 10.1 Å². The maximum Gasteiger partial charge on any atom is 0.123 e. The lowest BCUT2D eigenvalue weighted by Crippen LogP contribution is -2.25. The molecular formula is C21H29FN2. The van der Waals surface area contributed by atoms with Gasteiger partial charge in [-0.15, -0.1) is 0 Å². The molecule has 0 unspecified atom stereocenters. The van der Waals surface area contributed by atoms with Crippen LogP contribution in [0.15, 0.2) is 30.3 Å². The first-order valence-electron chi connectivity index (χ1n) is 8.90. The molecule has 130 valence electrons. The topological polar surface area (TPSA) is 29.3 Å². The number of nitrogens with zero attached hydrogens (tertiary/aromatic N) is 1. The highest BCUT2D eigenvalue weighted by Crippen LogP contribution is 2.32. The zero-order chi connectivity index (χ0) is 17.7. The van der Waals surface area contributed by atoms with Crippen molar-refractivity contribution in [2.75, 3.05) is 25.4 Å². The van der Waals surface area contributed by atoms with Crippen LogP contribution in [0, 0.1) is 12.7 Å². The number of halogens is 1. The van der Waals surface area contributed by atoms with E-state index in [2.05, 4.69) is 37.8 Å². The normalized spacial score (nSPS) is 11.2. The van der Waals surface area contributed by atoms with Crippen molar-refractivity contribution in [1.82, 2.24) is 4.90 Å². The smallest absolute Gasteiger partial charge is 0.123 e. The van der Waals surface area contributed by atoms with Crippen LogP contribution in [0.5, 0.6) is 0 Å². The van der Waals surface area contributed by atoms with E-state index >= 15 is 0 Å². The van der Waals surface area contributed by atoms with Crippen LogP contribution in [0.25, 0.3) is 11.1 Å². The molecule has 2 aromatic carbocycles. The first kappa shape index (κ1) is 18.5. The SMILES string of the molecule is CCc1ccc(F)cc1-c1cc(C)c(N)cc1CCN(CC)CC. The first-order valence-corrected chi connectivity index (χ1v) is 8.90. The molecule has 0 aliphatic heterocycles. The van der Waals surface area contributed by atoms with Crippen molar-refractivity contribution in [3.63, 3.8) is 0 Å². The quantitative estimate of drug-likeness (QED) is 0.738. The number of aryl methyl sites for hydroxylation is 2. The average Bonchev–Trinajstić information content (AvgIpc) is 2.58. The summed E-state index contributed by atoms with van der Waals surface area (Å²) in [6.07, 6.45) is 1.80. The third kappa shape index (κ3) is 4.15. The Kier molecular flexibility index (Phi) is 6.38. The molecule has 0 bridgehead atoms. The Morgan fingerprint density at radius 3 is 2.25 bits per heavy atom. The van der Waals surface area contributed by atoms with Gasteiger partial charge in [0.15, 0.2) is 0 Å². The summed E-state index contributed by atoms with van der Waals surface area (Å²) < 4.78 is 13.9. The number of nitrogens with two attached hydrogens (primary N) is 1. The van der Waals surface area contributed by atoms with Gasteiger partial charge in [-0.3, -0.25) is 0 Å². The highest BCUT2D eigenvalue weighted by molar-refractivity contribution is 5.74. The van der Waals surface area contributed by atoms with Crippen molar-refractivity contribution < 1.29 is 4.39 Å². The Bertz CT molecular complexity index is 690. The van der Waals surface area contributed by atoms with Gasteiger partial charge in [-0.2, -0.15) is 0 Å². The van der Waals surface area contributed by atoms with Gasteiger partial charge in [0.2, 0.25) is 0 Å². The minimum Gasteiger partial charge on any atom is -0.399 e. The summed E-state index contributed by atoms with van der Waals surface area (Å²) in [4.78, 5) is 2.39. The van der Waals surface area contributed by atoms with Gasteiger partial charge >= 0.3 is 0 Å². The third-order valence-electron chi connectivity index (χ3n) is 4.83. The Labute approximate surface area is 145 Å². The van der Waals surface area contributed by atoms with Crippen molar-refractivity contribution in [3.05, 3.63) is 52.8 Å². The fourth-order valence-corrected chi connectivity index (χ4v) is 3.16. The lowest BCUT2D eigenvalue weighted by Gasteiger charge is -2.20. The highest BCUT2D eigenvalue weighted by atomic mass is 19.1. The van der Waals surface area contributed by atoms with Crippen LogP contribution < -0.4 is 5.73 Å². The lowest BCUT2D eigenvalue weighted by molar-refractivity contribution is 0.308. The number of likely N-dealkylation sites (N-methyl/N-ethyl adjacent to an activating group) is 1. The largest absolute Gasteiger partial charge is 0.399 e. The predicted molar refractivity (Wildman–Crippen MR) is 102 cm³/mol. The maximum absolute atomic E-state index is 13.9. The van der Waals surface area contributed by atoms with E-state index in [1.54, 1.807) is 12.1 Å². The van der Waals surface area contributed by atoms with E-state index in [0.717, 1.165) is 54.9 Å². The van der Waals surface area contributed by atoms with Gasteiger partial charge in [-0.25, -0.2) is 4.39 Å². The molecule has 0 atom stereocenters. The highest BCUT2D eigenvalue weighted by Gasteiger charge is 2.13. The van der Waals surface area contributed by atoms with E-state index in [0.29, 0.717) is 0 Å². The fraction of sp³-hybridized carbons (Fsp3) is 0.429. The summed E-state index contributed by atoms with van der Waals surface area (Å²) in [5.41, 5.74) is 12.5. The van der Waals surface area contributed by atoms with Gasteiger partial charge in [0, 0.05) is 12.2 Å². The third-order valence-corrected chi connectivity index (χ3v) is 4.83. The minimum atomic E-state index is -0.189. The molecule has 0 spiro atoms. The minimum absolute atomic E-state index is 0.189. The molecule has 0 heterocycles. The second-order valence-corrected chi connectivity index (χ2v) is 6.30. The summed E-state index contributed by atoms with van der Waals surface area (Å²) in [5.74, 6) is -0.189. The van der Waals surface area contributed by atoms with E-state index in [-0.39, 0.29) is 5.82 Å². The lowest BCUT2D eigenvalue weighted by atomic mass is 9.91. The monoisotopic (exact) mass is 328 g/mol. The van der Waals surface area contributed by atoms with Crippen LogP contribution in [-0.4, -0.2) is 24.5 Å². The Balaban J connectivity index is 2.49. The van der Waals surface area contributed by atoms with E-state index in [1.165, 1.54) is 11.1 Å². The van der Waals surface area contributed by atoms with Crippen molar-refractivity contribution in [1.29, 1.82) is 0 Å². The second kappa shape index (κ2) is 8.29. The molecule has 0 saturated carbocycles. The van der Waals surface area contributed by atoms with Crippen LogP contribution >= 0.6 is 0 Å². The molecule has 24 heavy (non-hydrogen) atoms. The number of hydrogen-bond donors (Lipinski definition) is 1. The molecule has 0 amide bonds. The van der Waals surface area contributed by atoms with Crippen molar-refractivity contribution in [2.45, 2.75) is 40.5 Å². The molecule has 2 N–H and O–H groups in total. The first-order chi connectivity index (χ1) is 11.5. The molecule has 2 aromatic rings. The molecule has 0 aliphatic rings. The zero-order valence-corrected chi connectivity index (χ0v) is 15.3. The van der Waals surface area contributed by atoms with E-state index < -0.39 is 0 Å². The molecular weight excluding hydrogens is 299 g/mol. The van der Waals surface area contributed by atoms with Crippen LogP contribution in [0.2, 0.25) is 0 Å². The van der Waals surface area contributed by atoms with Gasteiger partial charge in [-0.05, 0) is 84.9 Å². The Hall–Kier alpha value is -1.87. The van der Waals surface area contributed by atoms with E-state index in [9.17, 15) is 4.39 Å². The van der Waals surface area contributed by atoms with E-state index in [4.69, 9.17) is 5.73 Å².